The van der Waals surface area contributed by atoms with Crippen LogP contribution in [0.15, 0.2) is 29.4 Å². The summed E-state index contributed by atoms with van der Waals surface area (Å²) in [5.74, 6) is -3.02. The van der Waals surface area contributed by atoms with Gasteiger partial charge in [0.05, 0.1) is 12.1 Å². The quantitative estimate of drug-likeness (QED) is 0.0455. The molecule has 0 saturated carbocycles. The Labute approximate surface area is 249 Å². The predicted molar refractivity (Wildman–Crippen MR) is 153 cm³/mol. The summed E-state index contributed by atoms with van der Waals surface area (Å²) in [5.41, 5.74) is 5.91. The van der Waals surface area contributed by atoms with E-state index in [2.05, 4.69) is 26.1 Å². The van der Waals surface area contributed by atoms with Gasteiger partial charge < -0.3 is 36.4 Å². The molecule has 3 heterocycles. The molecule has 0 aliphatic carbocycles. The van der Waals surface area contributed by atoms with Gasteiger partial charge in [-0.3, -0.25) is 19.6 Å². The highest BCUT2D eigenvalue weighted by Gasteiger charge is 2.51. The molecule has 2 fully saturated rings. The van der Waals surface area contributed by atoms with E-state index in [-0.39, 0.29) is 27.0 Å². The number of oxime groups is 1. The van der Waals surface area contributed by atoms with E-state index in [1.807, 2.05) is 0 Å². The van der Waals surface area contributed by atoms with E-state index in [1.165, 1.54) is 6.92 Å². The Hall–Kier alpha value is -4.33. The average Bonchev–Trinajstić information content (AvgIpc) is 3.30. The summed E-state index contributed by atoms with van der Waals surface area (Å²) in [4.78, 5) is 47.3. The Kier molecular flexibility index (Phi) is 9.48. The summed E-state index contributed by atoms with van der Waals surface area (Å²) < 4.78 is 37.8. The van der Waals surface area contributed by atoms with Gasteiger partial charge in [0.2, 0.25) is 0 Å². The fraction of sp³-hybridized carbons (Fsp3) is 0.417. The van der Waals surface area contributed by atoms with Crippen molar-refractivity contribution in [3.05, 3.63) is 40.4 Å². The topological polar surface area (TPSA) is 259 Å². The molecule has 1 aromatic carbocycles. The molecule has 43 heavy (non-hydrogen) atoms. The summed E-state index contributed by atoms with van der Waals surface area (Å²) in [5, 5.41) is 30.2. The predicted octanol–water partition coefficient (Wildman–Crippen LogP) is -1.05. The largest absolute Gasteiger partial charge is 0.489 e. The molecular formula is C24H30N8O9S2. The first kappa shape index (κ1) is 31.6. The number of aliphatic carboxylic acids is 1. The first-order valence-electron chi connectivity index (χ1n) is 12.9. The van der Waals surface area contributed by atoms with Crippen molar-refractivity contribution in [2.24, 2.45) is 5.16 Å². The second-order valence-electron chi connectivity index (χ2n) is 9.56. The number of carbonyl (C=O) groups excluding carboxylic acids is 2. The number of aromatic nitrogens is 1. The van der Waals surface area contributed by atoms with E-state index in [4.69, 9.17) is 20.7 Å². The number of carbonyl (C=O) groups is 3. The van der Waals surface area contributed by atoms with Crippen molar-refractivity contribution in [1.82, 2.24) is 25.2 Å². The molecule has 1 aromatic heterocycles. The van der Waals surface area contributed by atoms with Gasteiger partial charge in [-0.1, -0.05) is 12.1 Å². The minimum Gasteiger partial charge on any atom is -0.489 e. The zero-order chi connectivity index (χ0) is 31.5. The van der Waals surface area contributed by atoms with E-state index in [0.717, 1.165) is 24.4 Å². The van der Waals surface area contributed by atoms with Gasteiger partial charge in [0.15, 0.2) is 10.8 Å². The van der Waals surface area contributed by atoms with Crippen molar-refractivity contribution in [3.8, 4) is 5.75 Å². The number of aryl methyl sites for hydroxylation is 1. The van der Waals surface area contributed by atoms with Crippen LogP contribution in [0.5, 0.6) is 5.75 Å². The van der Waals surface area contributed by atoms with Crippen molar-refractivity contribution in [3.63, 3.8) is 0 Å². The molecule has 0 spiro atoms. The van der Waals surface area contributed by atoms with Crippen molar-refractivity contribution in [1.29, 1.82) is 5.41 Å². The summed E-state index contributed by atoms with van der Waals surface area (Å²) in [6.07, 6.45) is -1.31. The van der Waals surface area contributed by atoms with Gasteiger partial charge in [-0.05, 0) is 37.6 Å². The lowest BCUT2D eigenvalue weighted by Crippen LogP contribution is -2.71. The van der Waals surface area contributed by atoms with Crippen LogP contribution in [0.3, 0.4) is 0 Å². The molecule has 4 rings (SSSR count). The van der Waals surface area contributed by atoms with Crippen LogP contribution in [0.4, 0.5) is 5.13 Å². The van der Waals surface area contributed by atoms with Gasteiger partial charge in [-0.15, -0.1) is 11.3 Å². The molecule has 3 atom stereocenters. The third-order valence-electron chi connectivity index (χ3n) is 6.57. The van der Waals surface area contributed by atoms with Crippen LogP contribution >= 0.6 is 11.3 Å². The fourth-order valence-corrected chi connectivity index (χ4v) is 5.79. The van der Waals surface area contributed by atoms with Crippen LogP contribution in [-0.2, 0) is 35.9 Å². The Balaban J connectivity index is 1.47. The molecule has 2 aromatic rings. The number of ether oxygens (including phenoxy) is 1. The molecule has 2 aliphatic rings. The van der Waals surface area contributed by atoms with Crippen LogP contribution in [0.25, 0.3) is 0 Å². The highest BCUT2D eigenvalue weighted by atomic mass is 32.2. The maximum Gasteiger partial charge on any atom is 0.362 e. The summed E-state index contributed by atoms with van der Waals surface area (Å²) >= 11 is 1.06. The Morgan fingerprint density at radius 3 is 2.51 bits per heavy atom. The third-order valence-corrected chi connectivity index (χ3v) is 8.60. The van der Waals surface area contributed by atoms with Crippen LogP contribution in [-0.4, -0.2) is 101 Å². The number of nitrogens with zero attached hydrogens (tertiary/aromatic N) is 3. The van der Waals surface area contributed by atoms with Gasteiger partial charge in [0.25, 0.3) is 17.9 Å². The standard InChI is InChI=1S/C24H30N8O9S2/c1-3-16-18(30-24(26)42-16)19(21(33)29-17-11(2)32(22(17)34)43(37,38)39)31-41-15(23(35)36)10-40-14-6-4-12(5-7-14)20(25)28-13-8-27-9-13/h4-7,11,13,15,17,27H,3,8-10H2,1-2H3,(H2,25,28)(H2,26,30)(H,29,33)(H,35,36)(H,37,38,39)/t11-,15?,17-/m0/s1. The van der Waals surface area contributed by atoms with Crippen LogP contribution in [0, 0.1) is 5.41 Å². The highest BCUT2D eigenvalue weighted by Crippen LogP contribution is 2.25. The zero-order valence-corrected chi connectivity index (χ0v) is 24.6. The molecule has 232 valence electrons. The maximum atomic E-state index is 13.2. The second kappa shape index (κ2) is 12.9. The number of hydrogen-bond donors (Lipinski definition) is 7. The molecular weight excluding hydrogens is 608 g/mol. The first-order chi connectivity index (χ1) is 20.3. The first-order valence-corrected chi connectivity index (χ1v) is 15.1. The van der Waals surface area contributed by atoms with Crippen LogP contribution < -0.4 is 26.4 Å². The van der Waals surface area contributed by atoms with E-state index in [9.17, 15) is 32.5 Å². The molecule has 17 nitrogen and oxygen atoms in total. The monoisotopic (exact) mass is 638 g/mol. The van der Waals surface area contributed by atoms with Gasteiger partial charge in [-0.2, -0.15) is 8.42 Å². The molecule has 2 amide bonds. The van der Waals surface area contributed by atoms with Crippen LogP contribution in [0.1, 0.15) is 30.0 Å². The number of nitrogen functional groups attached to an aromatic ring is 1. The molecule has 2 aliphatic heterocycles. The van der Waals surface area contributed by atoms with E-state index in [1.54, 1.807) is 31.2 Å². The van der Waals surface area contributed by atoms with Gasteiger partial charge in [0.1, 0.15) is 29.9 Å². The number of rotatable bonds is 13. The zero-order valence-electron chi connectivity index (χ0n) is 22.9. The van der Waals surface area contributed by atoms with Gasteiger partial charge in [0, 0.05) is 23.5 Å². The molecule has 2 saturated heterocycles. The Morgan fingerprint density at radius 2 is 1.98 bits per heavy atom. The normalized spacial score (nSPS) is 19.6. The molecule has 0 bridgehead atoms. The number of hydrogen-bond acceptors (Lipinski definition) is 13. The summed E-state index contributed by atoms with van der Waals surface area (Å²) in [7, 11) is -4.83. The van der Waals surface area contributed by atoms with Crippen molar-refractivity contribution >= 4 is 56.1 Å². The van der Waals surface area contributed by atoms with Gasteiger partial charge >= 0.3 is 16.3 Å². The van der Waals surface area contributed by atoms with E-state index >= 15 is 0 Å². The number of carboxylic acid groups (broad SMARTS) is 1. The average molecular weight is 639 g/mol. The van der Waals surface area contributed by atoms with Gasteiger partial charge in [-0.25, -0.2) is 14.1 Å². The summed E-state index contributed by atoms with van der Waals surface area (Å²) in [6.45, 7) is 4.08. The van der Waals surface area contributed by atoms with Crippen molar-refractivity contribution in [2.45, 2.75) is 44.5 Å². The van der Waals surface area contributed by atoms with Crippen molar-refractivity contribution < 1.29 is 42.0 Å². The Morgan fingerprint density at radius 1 is 1.30 bits per heavy atom. The smallest absolute Gasteiger partial charge is 0.362 e. The number of nitrogens with one attached hydrogen (secondary N) is 4. The number of β-lactam (4-membered cyclic amide) rings is 1. The molecule has 1 unspecified atom stereocenters. The number of carboxylic acids is 1. The third kappa shape index (κ3) is 7.19. The number of nitrogens with two attached hydrogens (primary N) is 1. The molecule has 19 heteroatoms. The molecule has 8 N–H and O–H groups in total. The SMILES string of the molecule is CCc1sc(N)nc1C(=NOC(COc1ccc(C(=N)NC2CNC2)cc1)C(=O)O)C(=O)N[C@@H]1C(=O)N(S(=O)(=O)O)[C@H]1C. The number of amides is 2. The number of anilines is 1. The second-order valence-corrected chi connectivity index (χ2v) is 12.0. The van der Waals surface area contributed by atoms with E-state index in [0.29, 0.717) is 22.6 Å². The number of amidine groups is 1. The lowest BCUT2D eigenvalue weighted by Gasteiger charge is -2.42. The number of thiazole rings is 1. The van der Waals surface area contributed by atoms with Crippen molar-refractivity contribution in [2.75, 3.05) is 25.4 Å². The maximum absolute atomic E-state index is 13.2. The van der Waals surface area contributed by atoms with E-state index < -0.39 is 58.6 Å². The summed E-state index contributed by atoms with van der Waals surface area (Å²) in [6, 6.07) is 4.14. The fourth-order valence-electron chi connectivity index (χ4n) is 4.13. The van der Waals surface area contributed by atoms with Crippen LogP contribution in [0.2, 0.25) is 0 Å². The lowest BCUT2D eigenvalue weighted by atomic mass is 10.0. The minimum absolute atomic E-state index is 0.0112. The number of benzene rings is 1. The minimum atomic E-state index is -4.83. The highest BCUT2D eigenvalue weighted by molar-refractivity contribution is 7.84. The lowest BCUT2D eigenvalue weighted by molar-refractivity contribution is -0.152. The Bertz CT molecular complexity index is 1540. The molecule has 0 radical (unpaired) electrons.